The second-order valence-electron chi connectivity index (χ2n) is 8.01. The van der Waals surface area contributed by atoms with Crippen LogP contribution in [0, 0.1) is 5.92 Å². The zero-order chi connectivity index (χ0) is 20.6. The Morgan fingerprint density at radius 2 is 1.78 bits per heavy atom. The molecule has 0 aliphatic carbocycles. The van der Waals surface area contributed by atoms with Crippen LogP contribution < -0.4 is 16.1 Å². The molecule has 0 saturated carbocycles. The van der Waals surface area contributed by atoms with Gasteiger partial charge in [0, 0.05) is 11.6 Å². The Kier molecular flexibility index (Phi) is 8.56. The van der Waals surface area contributed by atoms with Crippen LogP contribution >= 0.6 is 0 Å². The van der Waals surface area contributed by atoms with Crippen LogP contribution in [-0.4, -0.2) is 37.2 Å². The normalized spacial score (nSPS) is 12.4. The Labute approximate surface area is 162 Å². The van der Waals surface area contributed by atoms with Crippen molar-refractivity contribution in [2.24, 2.45) is 5.92 Å². The fourth-order valence-electron chi connectivity index (χ4n) is 2.67. The van der Waals surface area contributed by atoms with Crippen molar-refractivity contribution in [3.63, 3.8) is 0 Å². The number of hydrogen-bond donors (Lipinski definition) is 3. The lowest BCUT2D eigenvalue weighted by atomic mass is 10.0. The van der Waals surface area contributed by atoms with Gasteiger partial charge in [0.2, 0.25) is 0 Å². The predicted molar refractivity (Wildman–Crippen MR) is 108 cm³/mol. The van der Waals surface area contributed by atoms with Crippen LogP contribution in [0.25, 0.3) is 0 Å². The van der Waals surface area contributed by atoms with Gasteiger partial charge >= 0.3 is 5.97 Å². The second kappa shape index (κ2) is 10.2. The standard InChI is InChI=1S/C20H33N3O4/c1-13(2)10-14(3)22-16-9-8-15(11-17(16)23-26-7)19(25)21-12-18(24)27-20(4,5)6/h8-9,11,13-14,22-23H,10,12H2,1-7H3,(H,21,25). The fourth-order valence-corrected chi connectivity index (χ4v) is 2.67. The summed E-state index contributed by atoms with van der Waals surface area (Å²) in [5.41, 5.74) is 4.12. The molecule has 0 heterocycles. The summed E-state index contributed by atoms with van der Waals surface area (Å²) in [5.74, 6) is -0.266. The van der Waals surface area contributed by atoms with Gasteiger partial charge in [-0.3, -0.25) is 19.9 Å². The van der Waals surface area contributed by atoms with E-state index in [1.54, 1.807) is 32.9 Å². The molecule has 0 saturated heterocycles. The Bertz CT molecular complexity index is 639. The van der Waals surface area contributed by atoms with E-state index in [4.69, 9.17) is 9.57 Å². The summed E-state index contributed by atoms with van der Waals surface area (Å²) in [6.07, 6.45) is 1.02. The van der Waals surface area contributed by atoms with Crippen molar-refractivity contribution in [1.29, 1.82) is 0 Å². The summed E-state index contributed by atoms with van der Waals surface area (Å²) >= 11 is 0. The van der Waals surface area contributed by atoms with Gasteiger partial charge in [0.05, 0.1) is 18.5 Å². The zero-order valence-corrected chi connectivity index (χ0v) is 17.4. The van der Waals surface area contributed by atoms with E-state index >= 15 is 0 Å². The van der Waals surface area contributed by atoms with Crippen LogP contribution in [0.2, 0.25) is 0 Å². The van der Waals surface area contributed by atoms with Crippen molar-refractivity contribution in [3.05, 3.63) is 23.8 Å². The minimum absolute atomic E-state index is 0.186. The number of ether oxygens (including phenoxy) is 1. The first-order valence-electron chi connectivity index (χ1n) is 9.21. The van der Waals surface area contributed by atoms with Gasteiger partial charge in [0.25, 0.3) is 5.91 Å². The lowest BCUT2D eigenvalue weighted by Gasteiger charge is -2.21. The first-order valence-corrected chi connectivity index (χ1v) is 9.21. The molecule has 0 radical (unpaired) electrons. The molecule has 0 aromatic heterocycles. The SMILES string of the molecule is CONc1cc(C(=O)NCC(=O)OC(C)(C)C)ccc1NC(C)CC(C)C. The molecule has 0 spiro atoms. The van der Waals surface area contributed by atoms with Crippen LogP contribution in [0.3, 0.4) is 0 Å². The Balaban J connectivity index is 2.79. The van der Waals surface area contributed by atoms with Gasteiger partial charge in [0.1, 0.15) is 12.1 Å². The second-order valence-corrected chi connectivity index (χ2v) is 8.01. The highest BCUT2D eigenvalue weighted by Gasteiger charge is 2.18. The number of esters is 1. The van der Waals surface area contributed by atoms with Crippen molar-refractivity contribution in [2.75, 3.05) is 24.5 Å². The molecule has 3 N–H and O–H groups in total. The smallest absolute Gasteiger partial charge is 0.325 e. The summed E-state index contributed by atoms with van der Waals surface area (Å²) in [6.45, 7) is 11.6. The van der Waals surface area contributed by atoms with Gasteiger partial charge in [-0.15, -0.1) is 0 Å². The first-order chi connectivity index (χ1) is 12.5. The van der Waals surface area contributed by atoms with Gasteiger partial charge in [0.15, 0.2) is 0 Å². The van der Waals surface area contributed by atoms with Crippen LogP contribution in [-0.2, 0) is 14.4 Å². The lowest BCUT2D eigenvalue weighted by Crippen LogP contribution is -2.34. The molecular formula is C20H33N3O4. The summed E-state index contributed by atoms with van der Waals surface area (Å²) in [7, 11) is 1.51. The van der Waals surface area contributed by atoms with Gasteiger partial charge in [-0.25, -0.2) is 0 Å². The van der Waals surface area contributed by atoms with Gasteiger partial charge in [-0.05, 0) is 58.2 Å². The molecule has 1 aromatic rings. The third-order valence-corrected chi connectivity index (χ3v) is 3.53. The highest BCUT2D eigenvalue weighted by atomic mass is 16.6. The van der Waals surface area contributed by atoms with Crippen LogP contribution in [0.4, 0.5) is 11.4 Å². The molecule has 0 aliphatic heterocycles. The van der Waals surface area contributed by atoms with Crippen LogP contribution in [0.15, 0.2) is 18.2 Å². The minimum Gasteiger partial charge on any atom is -0.459 e. The van der Waals surface area contributed by atoms with Crippen molar-refractivity contribution >= 4 is 23.3 Å². The van der Waals surface area contributed by atoms with Crippen LogP contribution in [0.5, 0.6) is 0 Å². The maximum Gasteiger partial charge on any atom is 0.325 e. The number of nitrogens with one attached hydrogen (secondary N) is 3. The molecule has 0 aliphatic rings. The molecule has 1 unspecified atom stereocenters. The molecule has 1 aromatic carbocycles. The molecule has 0 fully saturated rings. The highest BCUT2D eigenvalue weighted by molar-refractivity contribution is 5.97. The Hall–Kier alpha value is -2.28. The molecule has 1 rings (SSSR count). The van der Waals surface area contributed by atoms with E-state index in [2.05, 4.69) is 36.9 Å². The van der Waals surface area contributed by atoms with Gasteiger partial charge in [-0.1, -0.05) is 13.8 Å². The molecule has 7 heteroatoms. The lowest BCUT2D eigenvalue weighted by molar-refractivity contribution is -0.153. The number of benzene rings is 1. The summed E-state index contributed by atoms with van der Waals surface area (Å²) in [6, 6.07) is 5.48. The van der Waals surface area contributed by atoms with E-state index in [-0.39, 0.29) is 18.5 Å². The Morgan fingerprint density at radius 1 is 1.11 bits per heavy atom. The van der Waals surface area contributed by atoms with Crippen molar-refractivity contribution in [2.45, 2.75) is 59.6 Å². The average molecular weight is 380 g/mol. The zero-order valence-electron chi connectivity index (χ0n) is 17.4. The number of amides is 1. The first kappa shape index (κ1) is 22.8. The summed E-state index contributed by atoms with van der Waals surface area (Å²) < 4.78 is 5.18. The quantitative estimate of drug-likeness (QED) is 0.449. The fraction of sp³-hybridized carbons (Fsp3) is 0.600. The largest absolute Gasteiger partial charge is 0.459 e. The van der Waals surface area contributed by atoms with E-state index in [1.165, 1.54) is 7.11 Å². The maximum absolute atomic E-state index is 12.3. The van der Waals surface area contributed by atoms with Gasteiger partial charge in [-0.2, -0.15) is 0 Å². The number of rotatable bonds is 9. The molecule has 152 valence electrons. The third-order valence-electron chi connectivity index (χ3n) is 3.53. The summed E-state index contributed by atoms with van der Waals surface area (Å²) in [4.78, 5) is 29.1. The minimum atomic E-state index is -0.586. The topological polar surface area (TPSA) is 88.7 Å². The number of carbonyl (C=O) groups is 2. The monoisotopic (exact) mass is 379 g/mol. The predicted octanol–water partition coefficient (Wildman–Crippen LogP) is 3.58. The molecule has 27 heavy (non-hydrogen) atoms. The van der Waals surface area contributed by atoms with E-state index in [1.807, 2.05) is 6.07 Å². The molecule has 7 nitrogen and oxygen atoms in total. The van der Waals surface area contributed by atoms with E-state index in [9.17, 15) is 9.59 Å². The molecule has 1 amide bonds. The van der Waals surface area contributed by atoms with Gasteiger partial charge < -0.3 is 15.4 Å². The van der Waals surface area contributed by atoms with Crippen molar-refractivity contribution in [1.82, 2.24) is 5.32 Å². The van der Waals surface area contributed by atoms with E-state index in [0.717, 1.165) is 12.1 Å². The third kappa shape index (κ3) is 8.77. The van der Waals surface area contributed by atoms with E-state index < -0.39 is 11.6 Å². The number of hydrogen-bond acceptors (Lipinski definition) is 6. The Morgan fingerprint density at radius 3 is 2.33 bits per heavy atom. The number of anilines is 2. The van der Waals surface area contributed by atoms with Crippen LogP contribution in [0.1, 0.15) is 58.3 Å². The summed E-state index contributed by atoms with van der Waals surface area (Å²) in [5, 5.41) is 5.99. The van der Waals surface area contributed by atoms with Crippen molar-refractivity contribution < 1.29 is 19.2 Å². The molecular weight excluding hydrogens is 346 g/mol. The number of carbonyl (C=O) groups excluding carboxylic acids is 2. The van der Waals surface area contributed by atoms with E-state index in [0.29, 0.717) is 17.2 Å². The molecule has 1 atom stereocenters. The maximum atomic E-state index is 12.3. The molecule has 0 bridgehead atoms. The highest BCUT2D eigenvalue weighted by Crippen LogP contribution is 2.25. The average Bonchev–Trinajstić information content (AvgIpc) is 2.52. The van der Waals surface area contributed by atoms with Crippen molar-refractivity contribution in [3.8, 4) is 0 Å².